The van der Waals surface area contributed by atoms with Crippen LogP contribution in [0.2, 0.25) is 0 Å². The van der Waals surface area contributed by atoms with Gasteiger partial charge in [-0.25, -0.2) is 0 Å². The molecule has 1 amide bonds. The van der Waals surface area contributed by atoms with Gasteiger partial charge in [0.15, 0.2) is 5.76 Å². The molecule has 0 bridgehead atoms. The number of anilines is 1. The Bertz CT molecular complexity index is 692. The van der Waals surface area contributed by atoms with Gasteiger partial charge in [-0.15, -0.1) is 0 Å². The number of aryl methyl sites for hydroxylation is 1. The van der Waals surface area contributed by atoms with Gasteiger partial charge >= 0.3 is 6.18 Å². The Kier molecular flexibility index (Phi) is 4.98. The van der Waals surface area contributed by atoms with E-state index in [0.29, 0.717) is 18.8 Å². The molecule has 0 saturated heterocycles. The third-order valence-electron chi connectivity index (χ3n) is 2.98. The van der Waals surface area contributed by atoms with Crippen molar-refractivity contribution in [3.8, 4) is 5.75 Å². The molecule has 1 heterocycles. The van der Waals surface area contributed by atoms with Crippen LogP contribution in [0.15, 0.2) is 34.7 Å². The van der Waals surface area contributed by atoms with Crippen molar-refractivity contribution in [2.45, 2.75) is 26.4 Å². The minimum absolute atomic E-state index is 0.0151. The second-order valence-corrected chi connectivity index (χ2v) is 4.92. The number of carbonyl (C=O) groups is 1. The van der Waals surface area contributed by atoms with Crippen molar-refractivity contribution in [3.05, 3.63) is 47.4 Å². The monoisotopic (exact) mass is 327 g/mol. The van der Waals surface area contributed by atoms with E-state index in [1.807, 2.05) is 6.92 Å². The fourth-order valence-corrected chi connectivity index (χ4v) is 1.88. The van der Waals surface area contributed by atoms with E-state index in [1.54, 1.807) is 13.0 Å². The molecule has 124 valence electrons. The molecule has 0 aliphatic heterocycles. The van der Waals surface area contributed by atoms with Crippen LogP contribution >= 0.6 is 0 Å². The van der Waals surface area contributed by atoms with E-state index in [-0.39, 0.29) is 17.2 Å². The Morgan fingerprint density at radius 2 is 2.00 bits per heavy atom. The predicted molar refractivity (Wildman–Crippen MR) is 78.6 cm³/mol. The van der Waals surface area contributed by atoms with Gasteiger partial charge in [-0.2, -0.15) is 13.2 Å². The number of nitrogens with one attached hydrogen (secondary N) is 1. The molecule has 0 spiro atoms. The number of hydrogen-bond donors (Lipinski definition) is 1. The van der Waals surface area contributed by atoms with Crippen molar-refractivity contribution >= 4 is 11.6 Å². The number of ether oxygens (including phenoxy) is 1. The zero-order chi connectivity index (χ0) is 17.0. The zero-order valence-corrected chi connectivity index (χ0v) is 12.7. The Morgan fingerprint density at radius 3 is 2.57 bits per heavy atom. The van der Waals surface area contributed by atoms with Crippen LogP contribution in [0.25, 0.3) is 0 Å². The van der Waals surface area contributed by atoms with Crippen molar-refractivity contribution in [3.63, 3.8) is 0 Å². The van der Waals surface area contributed by atoms with Gasteiger partial charge < -0.3 is 14.5 Å². The molecule has 0 aliphatic carbocycles. The molecule has 0 unspecified atom stereocenters. The summed E-state index contributed by atoms with van der Waals surface area (Å²) in [5, 5.41) is 2.40. The van der Waals surface area contributed by atoms with Crippen LogP contribution in [0.4, 0.5) is 18.9 Å². The second kappa shape index (κ2) is 6.76. The molecule has 7 heteroatoms. The smallest absolute Gasteiger partial charge is 0.416 e. The quantitative estimate of drug-likeness (QED) is 0.870. The fourth-order valence-electron chi connectivity index (χ4n) is 1.88. The van der Waals surface area contributed by atoms with Gasteiger partial charge in [0.1, 0.15) is 11.5 Å². The molecular weight excluding hydrogens is 311 g/mol. The minimum atomic E-state index is -4.51. The lowest BCUT2D eigenvalue weighted by Crippen LogP contribution is -2.14. The summed E-state index contributed by atoms with van der Waals surface area (Å²) < 4.78 is 49.1. The summed E-state index contributed by atoms with van der Waals surface area (Å²) >= 11 is 0. The van der Waals surface area contributed by atoms with Crippen molar-refractivity contribution in [1.29, 1.82) is 0 Å². The summed E-state index contributed by atoms with van der Waals surface area (Å²) in [5.74, 6) is 0.0817. The number of alkyl halides is 3. The minimum Gasteiger partial charge on any atom is -0.491 e. The van der Waals surface area contributed by atoms with Crippen LogP contribution < -0.4 is 10.1 Å². The first-order valence-corrected chi connectivity index (χ1v) is 7.03. The zero-order valence-electron chi connectivity index (χ0n) is 12.7. The Morgan fingerprint density at radius 1 is 1.26 bits per heavy atom. The molecule has 2 aromatic rings. The lowest BCUT2D eigenvalue weighted by molar-refractivity contribution is -0.137. The van der Waals surface area contributed by atoms with Crippen LogP contribution in [-0.2, 0) is 6.18 Å². The predicted octanol–water partition coefficient (Wildman–Crippen LogP) is 4.65. The van der Waals surface area contributed by atoms with Crippen molar-refractivity contribution < 1.29 is 27.1 Å². The summed E-state index contributed by atoms with van der Waals surface area (Å²) in [6, 6.07) is 6.00. The van der Waals surface area contributed by atoms with Crippen molar-refractivity contribution in [1.82, 2.24) is 0 Å². The number of benzene rings is 1. The third-order valence-corrected chi connectivity index (χ3v) is 2.98. The number of rotatable bonds is 5. The van der Waals surface area contributed by atoms with Crippen molar-refractivity contribution in [2.24, 2.45) is 0 Å². The van der Waals surface area contributed by atoms with E-state index in [4.69, 9.17) is 9.15 Å². The average molecular weight is 327 g/mol. The lowest BCUT2D eigenvalue weighted by Gasteiger charge is -2.14. The van der Waals surface area contributed by atoms with E-state index in [0.717, 1.165) is 12.1 Å². The standard InChI is InChI=1S/C16H16F3NO3/c1-3-8-22-13-7-5-11(16(17,18)19)9-12(13)20-15(21)14-6-4-10(2)23-14/h4-7,9H,3,8H2,1-2H3,(H,20,21). The largest absolute Gasteiger partial charge is 0.491 e. The van der Waals surface area contributed by atoms with E-state index >= 15 is 0 Å². The third kappa shape index (κ3) is 4.28. The summed E-state index contributed by atoms with van der Waals surface area (Å²) in [7, 11) is 0. The highest BCUT2D eigenvalue weighted by atomic mass is 19.4. The first-order chi connectivity index (χ1) is 10.8. The molecule has 0 saturated carbocycles. The topological polar surface area (TPSA) is 51.5 Å². The molecule has 0 fully saturated rings. The van der Waals surface area contributed by atoms with E-state index in [9.17, 15) is 18.0 Å². The Hall–Kier alpha value is -2.44. The van der Waals surface area contributed by atoms with Gasteiger partial charge in [-0.05, 0) is 43.7 Å². The molecule has 23 heavy (non-hydrogen) atoms. The number of carbonyl (C=O) groups excluding carboxylic acids is 1. The first-order valence-electron chi connectivity index (χ1n) is 7.03. The van der Waals surface area contributed by atoms with E-state index in [1.165, 1.54) is 12.1 Å². The molecule has 0 radical (unpaired) electrons. The van der Waals surface area contributed by atoms with Crippen molar-refractivity contribution in [2.75, 3.05) is 11.9 Å². The van der Waals surface area contributed by atoms with E-state index in [2.05, 4.69) is 5.32 Å². The molecule has 0 aliphatic rings. The Balaban J connectivity index is 2.30. The number of furan rings is 1. The maximum Gasteiger partial charge on any atom is 0.416 e. The number of amides is 1. The van der Waals surface area contributed by atoms with Crippen LogP contribution in [0.5, 0.6) is 5.75 Å². The number of hydrogen-bond acceptors (Lipinski definition) is 3. The van der Waals surface area contributed by atoms with Gasteiger partial charge in [-0.3, -0.25) is 4.79 Å². The second-order valence-electron chi connectivity index (χ2n) is 4.92. The van der Waals surface area contributed by atoms with E-state index < -0.39 is 17.6 Å². The average Bonchev–Trinajstić information content (AvgIpc) is 2.91. The van der Waals surface area contributed by atoms with Gasteiger partial charge in [0, 0.05) is 0 Å². The molecular formula is C16H16F3NO3. The molecule has 1 aromatic heterocycles. The van der Waals surface area contributed by atoms with Crippen LogP contribution in [0, 0.1) is 6.92 Å². The van der Waals surface area contributed by atoms with Gasteiger partial charge in [0.25, 0.3) is 5.91 Å². The molecule has 2 rings (SSSR count). The first kappa shape index (κ1) is 16.9. The highest BCUT2D eigenvalue weighted by Crippen LogP contribution is 2.35. The SMILES string of the molecule is CCCOc1ccc(C(F)(F)F)cc1NC(=O)c1ccc(C)o1. The maximum absolute atomic E-state index is 12.8. The van der Waals surface area contributed by atoms with Crippen LogP contribution in [0.3, 0.4) is 0 Å². The number of halogens is 3. The molecule has 0 atom stereocenters. The fraction of sp³-hybridized carbons (Fsp3) is 0.312. The molecule has 1 N–H and O–H groups in total. The van der Waals surface area contributed by atoms with Crippen LogP contribution in [0.1, 0.15) is 35.2 Å². The summed E-state index contributed by atoms with van der Waals surface area (Å²) in [6.45, 7) is 3.86. The van der Waals surface area contributed by atoms with Gasteiger partial charge in [0.05, 0.1) is 17.9 Å². The normalized spacial score (nSPS) is 11.3. The highest BCUT2D eigenvalue weighted by molar-refractivity contribution is 6.03. The van der Waals surface area contributed by atoms with Gasteiger partial charge in [-0.1, -0.05) is 6.92 Å². The maximum atomic E-state index is 12.8. The molecule has 1 aromatic carbocycles. The summed E-state index contributed by atoms with van der Waals surface area (Å²) in [4.78, 5) is 12.1. The Labute approximate surface area is 131 Å². The summed E-state index contributed by atoms with van der Waals surface area (Å²) in [5.41, 5.74) is -0.917. The molecule has 4 nitrogen and oxygen atoms in total. The lowest BCUT2D eigenvalue weighted by atomic mass is 10.1. The highest BCUT2D eigenvalue weighted by Gasteiger charge is 2.31. The van der Waals surface area contributed by atoms with Crippen LogP contribution in [-0.4, -0.2) is 12.5 Å². The van der Waals surface area contributed by atoms with Gasteiger partial charge in [0.2, 0.25) is 0 Å². The summed E-state index contributed by atoms with van der Waals surface area (Å²) in [6.07, 6.45) is -3.82.